The summed E-state index contributed by atoms with van der Waals surface area (Å²) in [5.74, 6) is -1.44. The Labute approximate surface area is 178 Å². The topological polar surface area (TPSA) is 117 Å². The van der Waals surface area contributed by atoms with E-state index in [1.54, 1.807) is 0 Å². The molecule has 2 aromatic rings. The molecule has 0 saturated heterocycles. The lowest BCUT2D eigenvalue weighted by Gasteiger charge is -2.30. The molecular formula is C19H15F3N4O4S. The van der Waals surface area contributed by atoms with E-state index in [0.29, 0.717) is 0 Å². The summed E-state index contributed by atoms with van der Waals surface area (Å²) in [7, 11) is 0. The van der Waals surface area contributed by atoms with Crippen LogP contribution in [0.25, 0.3) is 0 Å². The zero-order valence-corrected chi connectivity index (χ0v) is 16.6. The first-order chi connectivity index (χ1) is 14.5. The molecule has 2 aromatic carbocycles. The van der Waals surface area contributed by atoms with Crippen LogP contribution in [-0.2, 0) is 11.0 Å². The number of nitrogens with one attached hydrogen (secondary N) is 3. The van der Waals surface area contributed by atoms with E-state index in [2.05, 4.69) is 16.0 Å². The van der Waals surface area contributed by atoms with E-state index < -0.39 is 45.7 Å². The molecule has 0 bridgehead atoms. The van der Waals surface area contributed by atoms with Crippen molar-refractivity contribution in [2.24, 2.45) is 0 Å². The Morgan fingerprint density at radius 1 is 1.26 bits per heavy atom. The highest BCUT2D eigenvalue weighted by atomic mass is 32.1. The van der Waals surface area contributed by atoms with Crippen LogP contribution >= 0.6 is 12.2 Å². The predicted octanol–water partition coefficient (Wildman–Crippen LogP) is 3.75. The first kappa shape index (κ1) is 22.0. The lowest BCUT2D eigenvalue weighted by Crippen LogP contribution is -2.45. The van der Waals surface area contributed by atoms with Crippen molar-refractivity contribution in [3.63, 3.8) is 0 Å². The summed E-state index contributed by atoms with van der Waals surface area (Å²) in [4.78, 5) is 23.4. The lowest BCUT2D eigenvalue weighted by atomic mass is 9.94. The number of para-hydroxylation sites is 1. The van der Waals surface area contributed by atoms with Gasteiger partial charge in [-0.3, -0.25) is 14.9 Å². The highest BCUT2D eigenvalue weighted by Gasteiger charge is 2.35. The van der Waals surface area contributed by atoms with Crippen molar-refractivity contribution < 1.29 is 28.0 Å². The van der Waals surface area contributed by atoms with E-state index in [4.69, 9.17) is 12.2 Å². The number of aromatic hydroxyl groups is 1. The second-order valence-corrected chi connectivity index (χ2v) is 6.98. The third-order valence-electron chi connectivity index (χ3n) is 4.52. The maximum absolute atomic E-state index is 13.3. The number of carbonyl (C=O) groups is 1. The number of nitrogens with zero attached hydrogens (tertiary/aromatic N) is 1. The first-order valence-electron chi connectivity index (χ1n) is 8.72. The third kappa shape index (κ3) is 4.58. The number of anilines is 1. The number of nitro groups is 1. The van der Waals surface area contributed by atoms with E-state index in [1.807, 2.05) is 0 Å². The van der Waals surface area contributed by atoms with E-state index in [9.17, 15) is 33.2 Å². The minimum Gasteiger partial charge on any atom is -0.502 e. The van der Waals surface area contributed by atoms with Gasteiger partial charge in [0.15, 0.2) is 10.9 Å². The minimum absolute atomic E-state index is 0.0226. The molecular weight excluding hydrogens is 437 g/mol. The Morgan fingerprint density at radius 3 is 2.58 bits per heavy atom. The Balaban J connectivity index is 2.03. The summed E-state index contributed by atoms with van der Waals surface area (Å²) in [5, 5.41) is 28.7. The molecule has 1 aliphatic rings. The minimum atomic E-state index is -4.69. The van der Waals surface area contributed by atoms with Crippen LogP contribution in [0.5, 0.6) is 5.75 Å². The Hall–Kier alpha value is -3.67. The summed E-state index contributed by atoms with van der Waals surface area (Å²) in [6.45, 7) is 1.50. The van der Waals surface area contributed by atoms with Gasteiger partial charge in [0.1, 0.15) is 0 Å². The van der Waals surface area contributed by atoms with Gasteiger partial charge in [0, 0.05) is 11.8 Å². The van der Waals surface area contributed by atoms with Gasteiger partial charge in [0.2, 0.25) is 0 Å². The second-order valence-electron chi connectivity index (χ2n) is 6.57. The number of carbonyl (C=O) groups excluding carboxylic acids is 1. The molecule has 1 unspecified atom stereocenters. The molecule has 8 nitrogen and oxygen atoms in total. The van der Waals surface area contributed by atoms with E-state index in [0.717, 1.165) is 24.3 Å². The fraction of sp³-hybridized carbons (Fsp3) is 0.158. The van der Waals surface area contributed by atoms with Crippen LogP contribution in [0.3, 0.4) is 0 Å². The van der Waals surface area contributed by atoms with Crippen LogP contribution in [0, 0.1) is 10.1 Å². The average molecular weight is 452 g/mol. The normalized spacial score (nSPS) is 16.4. The van der Waals surface area contributed by atoms with Crippen LogP contribution in [0.2, 0.25) is 0 Å². The molecule has 1 amide bonds. The molecule has 162 valence electrons. The zero-order chi connectivity index (χ0) is 22.9. The number of allylic oxidation sites excluding steroid dienone is 1. The van der Waals surface area contributed by atoms with Crippen molar-refractivity contribution in [3.05, 3.63) is 75.0 Å². The van der Waals surface area contributed by atoms with Gasteiger partial charge in [-0.1, -0.05) is 18.2 Å². The molecule has 12 heteroatoms. The number of halogens is 3. The number of phenols is 1. The molecule has 0 saturated carbocycles. The summed E-state index contributed by atoms with van der Waals surface area (Å²) in [6, 6.07) is 6.98. The van der Waals surface area contributed by atoms with E-state index in [1.165, 1.54) is 25.1 Å². The van der Waals surface area contributed by atoms with Crippen LogP contribution in [0.15, 0.2) is 53.7 Å². The largest absolute Gasteiger partial charge is 0.502 e. The van der Waals surface area contributed by atoms with Gasteiger partial charge in [-0.15, -0.1) is 0 Å². The molecule has 0 spiro atoms. The number of amides is 1. The average Bonchev–Trinajstić information content (AvgIpc) is 2.67. The zero-order valence-electron chi connectivity index (χ0n) is 15.8. The van der Waals surface area contributed by atoms with Crippen molar-refractivity contribution in [2.45, 2.75) is 19.1 Å². The molecule has 4 N–H and O–H groups in total. The summed E-state index contributed by atoms with van der Waals surface area (Å²) < 4.78 is 39.8. The molecule has 0 aliphatic carbocycles. The number of benzene rings is 2. The Bertz CT molecular complexity index is 1120. The number of phenolic OH excluding ortho intramolecular Hbond substituents is 1. The van der Waals surface area contributed by atoms with Crippen LogP contribution in [0.4, 0.5) is 24.5 Å². The fourth-order valence-electron chi connectivity index (χ4n) is 3.14. The molecule has 31 heavy (non-hydrogen) atoms. The molecule has 1 aliphatic heterocycles. The molecule has 0 fully saturated rings. The smallest absolute Gasteiger partial charge is 0.418 e. The lowest BCUT2D eigenvalue weighted by molar-refractivity contribution is -0.385. The summed E-state index contributed by atoms with van der Waals surface area (Å²) in [5.41, 5.74) is -1.61. The maximum atomic E-state index is 13.3. The SMILES string of the molecule is CC1=C(C(=O)Nc2ccccc2C(F)(F)F)C(c2ccc(O)c([N+](=O)[O-])c2)NC(=S)N1. The van der Waals surface area contributed by atoms with Crippen molar-refractivity contribution in [1.29, 1.82) is 0 Å². The number of rotatable bonds is 4. The van der Waals surface area contributed by atoms with Gasteiger partial charge in [0.05, 0.1) is 27.8 Å². The van der Waals surface area contributed by atoms with Crippen molar-refractivity contribution >= 4 is 34.6 Å². The highest BCUT2D eigenvalue weighted by molar-refractivity contribution is 7.80. The quantitative estimate of drug-likeness (QED) is 0.317. The van der Waals surface area contributed by atoms with Gasteiger partial charge in [-0.05, 0) is 42.9 Å². The van der Waals surface area contributed by atoms with Crippen LogP contribution < -0.4 is 16.0 Å². The predicted molar refractivity (Wildman–Crippen MR) is 109 cm³/mol. The monoisotopic (exact) mass is 452 g/mol. The van der Waals surface area contributed by atoms with Crippen LogP contribution in [0.1, 0.15) is 24.1 Å². The third-order valence-corrected chi connectivity index (χ3v) is 4.74. The number of thiocarbonyl (C=S) groups is 1. The first-order valence-corrected chi connectivity index (χ1v) is 9.13. The molecule has 1 atom stereocenters. The fourth-order valence-corrected chi connectivity index (χ4v) is 3.41. The van der Waals surface area contributed by atoms with Gasteiger partial charge < -0.3 is 21.1 Å². The number of hydrogen-bond acceptors (Lipinski definition) is 5. The number of nitro benzene ring substituents is 1. The number of alkyl halides is 3. The maximum Gasteiger partial charge on any atom is 0.418 e. The van der Waals surface area contributed by atoms with Gasteiger partial charge in [-0.25, -0.2) is 0 Å². The second kappa shape index (κ2) is 8.22. The van der Waals surface area contributed by atoms with Crippen molar-refractivity contribution in [3.8, 4) is 5.75 Å². The molecule has 0 radical (unpaired) electrons. The Kier molecular flexibility index (Phi) is 5.84. The van der Waals surface area contributed by atoms with Gasteiger partial charge in [0.25, 0.3) is 5.91 Å². The Morgan fingerprint density at radius 2 is 1.94 bits per heavy atom. The summed E-state index contributed by atoms with van der Waals surface area (Å²) in [6.07, 6.45) is -4.69. The molecule has 1 heterocycles. The van der Waals surface area contributed by atoms with E-state index >= 15 is 0 Å². The highest BCUT2D eigenvalue weighted by Crippen LogP contribution is 2.36. The van der Waals surface area contributed by atoms with Gasteiger partial charge >= 0.3 is 11.9 Å². The van der Waals surface area contributed by atoms with Gasteiger partial charge in [-0.2, -0.15) is 13.2 Å². The standard InChI is InChI=1S/C19H15F3N4O4S/c1-9-15(17(28)24-12-5-3-2-4-11(12)19(20,21)22)16(25-18(31)23-9)10-6-7-14(27)13(8-10)26(29)30/h2-8,16,27H,1H3,(H,24,28)(H2,23,25,31). The molecule has 0 aromatic heterocycles. The van der Waals surface area contributed by atoms with E-state index in [-0.39, 0.29) is 21.9 Å². The molecule has 3 rings (SSSR count). The number of hydrogen-bond donors (Lipinski definition) is 4. The van der Waals surface area contributed by atoms with Crippen molar-refractivity contribution in [1.82, 2.24) is 10.6 Å². The summed E-state index contributed by atoms with van der Waals surface area (Å²) >= 11 is 5.09. The van der Waals surface area contributed by atoms with Crippen molar-refractivity contribution in [2.75, 3.05) is 5.32 Å². The van der Waals surface area contributed by atoms with Crippen LogP contribution in [-0.4, -0.2) is 21.0 Å².